The van der Waals surface area contributed by atoms with Crippen LogP contribution in [0.3, 0.4) is 0 Å². The average Bonchev–Trinajstić information content (AvgIpc) is 3.40. The van der Waals surface area contributed by atoms with Gasteiger partial charge in [-0.25, -0.2) is 14.4 Å². The highest BCUT2D eigenvalue weighted by Crippen LogP contribution is 2.33. The predicted molar refractivity (Wildman–Crippen MR) is 261 cm³/mol. The molecule has 2 aliphatic rings. The van der Waals surface area contributed by atoms with Gasteiger partial charge in [0.25, 0.3) is 0 Å². The molecule has 17 heteroatoms. The van der Waals surface area contributed by atoms with Crippen LogP contribution >= 0.6 is 0 Å². The molecule has 3 aromatic carbocycles. The highest BCUT2D eigenvalue weighted by Gasteiger charge is 2.30. The minimum absolute atomic E-state index is 0.0719. The lowest BCUT2D eigenvalue weighted by Crippen LogP contribution is -2.28. The number of carbonyl (C=O) groups is 6. The van der Waals surface area contributed by atoms with Crippen molar-refractivity contribution in [2.24, 2.45) is 23.7 Å². The summed E-state index contributed by atoms with van der Waals surface area (Å²) in [5.41, 5.74) is 0.0946. The number of carbonyl (C=O) groups excluding carboxylic acids is 6. The molecule has 3 aromatic rings. The van der Waals surface area contributed by atoms with Gasteiger partial charge in [-0.3, -0.25) is 14.4 Å². The molecule has 0 radical (unpaired) electrons. The van der Waals surface area contributed by atoms with Crippen LogP contribution in [0.2, 0.25) is 0 Å². The monoisotopic (exact) mass is 1000 g/mol. The van der Waals surface area contributed by atoms with Crippen LogP contribution in [0.15, 0.2) is 92.0 Å². The second-order valence-corrected chi connectivity index (χ2v) is 17.7. The Kier molecular flexibility index (Phi) is 25.2. The Morgan fingerprint density at radius 1 is 0.486 bits per heavy atom. The van der Waals surface area contributed by atoms with E-state index in [4.69, 9.17) is 52.7 Å². The first-order valence-electron chi connectivity index (χ1n) is 24.9. The van der Waals surface area contributed by atoms with Gasteiger partial charge in [0.15, 0.2) is 24.4 Å². The molecule has 0 saturated heterocycles. The topological polar surface area (TPSA) is 204 Å². The summed E-state index contributed by atoms with van der Waals surface area (Å²) >= 11 is 0. The minimum Gasteiger partial charge on any atom is -0.494 e. The number of esters is 5. The summed E-state index contributed by atoms with van der Waals surface area (Å²) in [4.78, 5) is 94.2. The van der Waals surface area contributed by atoms with Gasteiger partial charge in [-0.2, -0.15) is 9.78 Å². The second kappa shape index (κ2) is 32.3. The summed E-state index contributed by atoms with van der Waals surface area (Å²) in [7, 11) is 0. The molecule has 5 rings (SSSR count). The zero-order valence-electron chi connectivity index (χ0n) is 41.0. The van der Waals surface area contributed by atoms with Gasteiger partial charge < -0.3 is 42.9 Å². The van der Waals surface area contributed by atoms with Gasteiger partial charge >= 0.3 is 29.8 Å². The van der Waals surface area contributed by atoms with Crippen LogP contribution in [0.1, 0.15) is 113 Å². The molecule has 0 atom stereocenters. The van der Waals surface area contributed by atoms with Crippen molar-refractivity contribution >= 4 is 36.1 Å². The predicted octanol–water partition coefficient (Wildman–Crippen LogP) is 9.82. The van der Waals surface area contributed by atoms with E-state index in [9.17, 15) is 28.8 Å². The van der Waals surface area contributed by atoms with Crippen LogP contribution < -0.4 is 28.7 Å². The number of hydrogen-bond donors (Lipinski definition) is 0. The second-order valence-electron chi connectivity index (χ2n) is 17.7. The number of unbranched alkanes of at least 4 members (excludes halogenated alkanes) is 6. The molecule has 0 heterocycles. The van der Waals surface area contributed by atoms with E-state index in [0.717, 1.165) is 95.0 Å². The third-order valence-corrected chi connectivity index (χ3v) is 12.2. The Labute approximate surface area is 421 Å². The van der Waals surface area contributed by atoms with Crippen molar-refractivity contribution in [3.63, 3.8) is 0 Å². The maximum atomic E-state index is 12.9. The van der Waals surface area contributed by atoms with Crippen LogP contribution in [0, 0.1) is 23.7 Å². The molecule has 2 saturated carbocycles. The Morgan fingerprint density at radius 3 is 1.46 bits per heavy atom. The molecule has 0 unspecified atom stereocenters. The van der Waals surface area contributed by atoms with Crippen molar-refractivity contribution in [2.75, 3.05) is 46.2 Å². The summed E-state index contributed by atoms with van der Waals surface area (Å²) in [6, 6.07) is 18.4. The molecule has 390 valence electrons. The SMILES string of the molecule is C=CC(=O)OCCCCCCOc1ccc(OOCC2CCC(C(=O)OCC(=O)Oc3ccc(OOCC4CCC(C(=O)Oc5ccc(OCCCCCCOC(=O)C=C)cc5)CC4)c(C=O)c3)CC2)cc1. The lowest BCUT2D eigenvalue weighted by molar-refractivity contribution is -0.218. The van der Waals surface area contributed by atoms with Crippen LogP contribution in [-0.4, -0.2) is 82.4 Å². The van der Waals surface area contributed by atoms with Crippen molar-refractivity contribution in [1.29, 1.82) is 0 Å². The molecule has 0 spiro atoms. The van der Waals surface area contributed by atoms with Crippen LogP contribution in [0.5, 0.6) is 34.5 Å². The van der Waals surface area contributed by atoms with Crippen LogP contribution in [0.4, 0.5) is 0 Å². The van der Waals surface area contributed by atoms with Gasteiger partial charge in [-0.15, -0.1) is 0 Å². The molecule has 0 N–H and O–H groups in total. The van der Waals surface area contributed by atoms with Crippen molar-refractivity contribution < 1.29 is 81.5 Å². The maximum Gasteiger partial charge on any atom is 0.349 e. The van der Waals surface area contributed by atoms with E-state index in [1.807, 2.05) is 12.1 Å². The van der Waals surface area contributed by atoms with E-state index in [0.29, 0.717) is 82.3 Å². The zero-order chi connectivity index (χ0) is 51.2. The Morgan fingerprint density at radius 2 is 0.944 bits per heavy atom. The van der Waals surface area contributed by atoms with E-state index >= 15 is 0 Å². The number of rotatable bonds is 33. The van der Waals surface area contributed by atoms with Crippen molar-refractivity contribution in [3.8, 4) is 34.5 Å². The van der Waals surface area contributed by atoms with Crippen LogP contribution in [-0.2, 0) is 48.0 Å². The zero-order valence-corrected chi connectivity index (χ0v) is 41.0. The van der Waals surface area contributed by atoms with E-state index in [1.165, 1.54) is 18.2 Å². The molecule has 2 fully saturated rings. The minimum atomic E-state index is -0.800. The van der Waals surface area contributed by atoms with Crippen molar-refractivity contribution in [3.05, 3.63) is 97.6 Å². The third kappa shape index (κ3) is 21.3. The molecule has 0 aromatic heterocycles. The molecule has 0 aliphatic heterocycles. The van der Waals surface area contributed by atoms with E-state index < -0.39 is 30.5 Å². The fourth-order valence-corrected chi connectivity index (χ4v) is 8.04. The molecule has 17 nitrogen and oxygen atoms in total. The lowest BCUT2D eigenvalue weighted by Gasteiger charge is -2.26. The largest absolute Gasteiger partial charge is 0.494 e. The fourth-order valence-electron chi connectivity index (χ4n) is 8.04. The van der Waals surface area contributed by atoms with E-state index in [-0.39, 0.29) is 53.3 Å². The summed E-state index contributed by atoms with van der Waals surface area (Å²) in [6.45, 7) is 8.67. The summed E-state index contributed by atoms with van der Waals surface area (Å²) in [5.74, 6) is -0.0263. The van der Waals surface area contributed by atoms with Gasteiger partial charge in [0.2, 0.25) is 0 Å². The van der Waals surface area contributed by atoms with Gasteiger partial charge in [0, 0.05) is 12.2 Å². The summed E-state index contributed by atoms with van der Waals surface area (Å²) in [5, 5.41) is 0. The third-order valence-electron chi connectivity index (χ3n) is 12.2. The van der Waals surface area contributed by atoms with Crippen molar-refractivity contribution in [2.45, 2.75) is 103 Å². The Balaban J connectivity index is 0.876. The number of hydrogen-bond acceptors (Lipinski definition) is 17. The molecule has 2 aliphatic carbocycles. The lowest BCUT2D eigenvalue weighted by atomic mass is 9.82. The highest BCUT2D eigenvalue weighted by molar-refractivity contribution is 5.83. The standard InChI is InChI=1S/C55H68O17/c1-3-51(57)64-33-11-7-5-9-31-62-45-21-25-47(26-22-45)70-55(61)43-19-15-41(16-20-43)38-68-72-50-30-29-49(35-44(50)36-56)69-53(59)39-66-54(60)42-17-13-40(14-18-42)37-67-71-48-27-23-46(24-28-48)63-32-10-6-8-12-34-65-52(58)4-2/h3-4,21-30,35-36,40-43H,1-2,5-20,31-34,37-39H2. The first kappa shape index (κ1) is 56.2. The molecule has 0 bridgehead atoms. The van der Waals surface area contributed by atoms with Gasteiger partial charge in [-0.05, 0) is 181 Å². The smallest absolute Gasteiger partial charge is 0.349 e. The Bertz CT molecular complexity index is 2160. The number of benzene rings is 3. The molecular formula is C55H68O17. The number of ether oxygens (including phenoxy) is 7. The molecule has 0 amide bonds. The van der Waals surface area contributed by atoms with Gasteiger partial charge in [0.05, 0.1) is 57.0 Å². The fraction of sp³-hybridized carbons (Fsp3) is 0.491. The highest BCUT2D eigenvalue weighted by atomic mass is 17.2. The average molecular weight is 1000 g/mol. The normalized spacial score (nSPS) is 17.3. The van der Waals surface area contributed by atoms with E-state index in [2.05, 4.69) is 13.2 Å². The maximum absolute atomic E-state index is 12.9. The Hall–Kier alpha value is -6.72. The molecule has 72 heavy (non-hydrogen) atoms. The van der Waals surface area contributed by atoms with Gasteiger partial charge in [0.1, 0.15) is 23.0 Å². The van der Waals surface area contributed by atoms with E-state index in [1.54, 1.807) is 36.4 Å². The molecular weight excluding hydrogens is 933 g/mol. The first-order chi connectivity index (χ1) is 35.1. The first-order valence-corrected chi connectivity index (χ1v) is 24.9. The number of aldehydes is 1. The quantitative estimate of drug-likeness (QED) is 0.00814. The van der Waals surface area contributed by atoms with Crippen molar-refractivity contribution in [1.82, 2.24) is 0 Å². The van der Waals surface area contributed by atoms with Gasteiger partial charge in [-0.1, -0.05) is 13.2 Å². The summed E-state index contributed by atoms with van der Waals surface area (Å²) in [6.07, 6.45) is 15.3. The summed E-state index contributed by atoms with van der Waals surface area (Å²) < 4.78 is 37.8. The van der Waals surface area contributed by atoms with Crippen LogP contribution in [0.25, 0.3) is 0 Å².